The molecule has 1 heterocycles. The number of aromatic nitrogens is 1. The summed E-state index contributed by atoms with van der Waals surface area (Å²) in [5.41, 5.74) is -0.392. The molecule has 0 aliphatic heterocycles. The largest absolute Gasteiger partial charge is 0.478 e. The van der Waals surface area contributed by atoms with Crippen LogP contribution in [-0.4, -0.2) is 16.1 Å². The molecular weight excluding hydrogens is 305 g/mol. The molecule has 0 atom stereocenters. The van der Waals surface area contributed by atoms with Gasteiger partial charge in [0.15, 0.2) is 0 Å². The van der Waals surface area contributed by atoms with Gasteiger partial charge in [-0.1, -0.05) is 0 Å². The van der Waals surface area contributed by atoms with Crippen molar-refractivity contribution >= 4 is 21.9 Å². The van der Waals surface area contributed by atoms with E-state index in [-0.39, 0.29) is 5.75 Å². The fourth-order valence-corrected chi connectivity index (χ4v) is 1.64. The van der Waals surface area contributed by atoms with Gasteiger partial charge in [0, 0.05) is 24.5 Å². The number of benzene rings is 1. The lowest BCUT2D eigenvalue weighted by Gasteiger charge is -2.07. The molecule has 1 N–H and O–H groups in total. The van der Waals surface area contributed by atoms with E-state index in [2.05, 4.69) is 20.9 Å². The number of pyridine rings is 1. The lowest BCUT2D eigenvalue weighted by atomic mass is 10.2. The van der Waals surface area contributed by atoms with Crippen LogP contribution in [0.2, 0.25) is 0 Å². The highest BCUT2D eigenvalue weighted by molar-refractivity contribution is 9.10. The Morgan fingerprint density at radius 2 is 2.17 bits per heavy atom. The van der Waals surface area contributed by atoms with Crippen LogP contribution in [0.15, 0.2) is 41.1 Å². The van der Waals surface area contributed by atoms with Gasteiger partial charge in [-0.2, -0.15) is 0 Å². The molecule has 6 heteroatoms. The first-order chi connectivity index (χ1) is 8.58. The van der Waals surface area contributed by atoms with Gasteiger partial charge in [-0.05, 0) is 28.1 Å². The topological polar surface area (TPSA) is 59.4 Å². The summed E-state index contributed by atoms with van der Waals surface area (Å²) in [7, 11) is 0. The molecular formula is C12H7BrFNO3. The molecule has 0 amide bonds. The summed E-state index contributed by atoms with van der Waals surface area (Å²) in [5, 5.41) is 8.69. The van der Waals surface area contributed by atoms with Gasteiger partial charge in [0.05, 0.1) is 10.0 Å². The molecule has 2 aromatic rings. The van der Waals surface area contributed by atoms with Crippen LogP contribution in [0, 0.1) is 5.82 Å². The quantitative estimate of drug-likeness (QED) is 0.943. The summed E-state index contributed by atoms with van der Waals surface area (Å²) < 4.78 is 19.4. The maximum atomic E-state index is 13.4. The molecule has 4 nitrogen and oxygen atoms in total. The van der Waals surface area contributed by atoms with Crippen LogP contribution < -0.4 is 4.74 Å². The molecule has 0 aliphatic carbocycles. The zero-order valence-electron chi connectivity index (χ0n) is 8.93. The maximum Gasteiger partial charge on any atom is 0.338 e. The van der Waals surface area contributed by atoms with E-state index in [1.165, 1.54) is 18.5 Å². The molecule has 0 aliphatic rings. The van der Waals surface area contributed by atoms with Gasteiger partial charge < -0.3 is 9.84 Å². The molecule has 18 heavy (non-hydrogen) atoms. The van der Waals surface area contributed by atoms with Crippen LogP contribution in [0.1, 0.15) is 10.4 Å². The summed E-state index contributed by atoms with van der Waals surface area (Å²) in [6.45, 7) is 0. The predicted octanol–water partition coefficient (Wildman–Crippen LogP) is 3.47. The number of hydrogen-bond acceptors (Lipinski definition) is 3. The Bertz CT molecular complexity index is 604. The van der Waals surface area contributed by atoms with Gasteiger partial charge in [0.1, 0.15) is 17.3 Å². The minimum absolute atomic E-state index is 0.212. The number of nitrogens with zero attached hydrogens (tertiary/aromatic N) is 1. The molecule has 0 bridgehead atoms. The van der Waals surface area contributed by atoms with E-state index in [1.807, 2.05) is 0 Å². The second kappa shape index (κ2) is 5.14. The van der Waals surface area contributed by atoms with Crippen molar-refractivity contribution < 1.29 is 19.0 Å². The van der Waals surface area contributed by atoms with Gasteiger partial charge in [0.25, 0.3) is 0 Å². The fourth-order valence-electron chi connectivity index (χ4n) is 1.30. The molecule has 0 saturated carbocycles. The van der Waals surface area contributed by atoms with Crippen molar-refractivity contribution in [3.8, 4) is 11.5 Å². The number of halogens is 2. The van der Waals surface area contributed by atoms with Crippen molar-refractivity contribution in [3.05, 3.63) is 52.5 Å². The first-order valence-electron chi connectivity index (χ1n) is 4.88. The van der Waals surface area contributed by atoms with Crippen LogP contribution in [0.4, 0.5) is 4.39 Å². The van der Waals surface area contributed by atoms with Crippen molar-refractivity contribution in [1.29, 1.82) is 0 Å². The molecule has 0 radical (unpaired) electrons. The number of carboxylic acid groups (broad SMARTS) is 1. The summed E-state index contributed by atoms with van der Waals surface area (Å²) in [6.07, 6.45) is 3.07. The molecule has 0 fully saturated rings. The van der Waals surface area contributed by atoms with Crippen molar-refractivity contribution in [2.24, 2.45) is 0 Å². The van der Waals surface area contributed by atoms with Crippen LogP contribution >= 0.6 is 15.9 Å². The normalized spacial score (nSPS) is 10.1. The van der Waals surface area contributed by atoms with E-state index in [9.17, 15) is 9.18 Å². The molecule has 0 unspecified atom stereocenters. The van der Waals surface area contributed by atoms with Gasteiger partial charge in [-0.15, -0.1) is 0 Å². The standard InChI is InChI=1S/C12H7BrFNO3/c13-9-6-15-4-3-11(9)18-7-1-2-8(12(16)17)10(14)5-7/h1-6H,(H,16,17). The lowest BCUT2D eigenvalue weighted by Crippen LogP contribution is -2.00. The van der Waals surface area contributed by atoms with E-state index < -0.39 is 17.3 Å². The highest BCUT2D eigenvalue weighted by Gasteiger charge is 2.11. The van der Waals surface area contributed by atoms with E-state index in [0.29, 0.717) is 10.2 Å². The van der Waals surface area contributed by atoms with Gasteiger partial charge in [-0.3, -0.25) is 4.98 Å². The Balaban J connectivity index is 2.29. The third kappa shape index (κ3) is 2.65. The number of ether oxygens (including phenoxy) is 1. The summed E-state index contributed by atoms with van der Waals surface area (Å²) in [4.78, 5) is 14.5. The Kier molecular flexibility index (Phi) is 3.57. The highest BCUT2D eigenvalue weighted by Crippen LogP contribution is 2.29. The third-order valence-corrected chi connectivity index (χ3v) is 2.73. The number of carbonyl (C=O) groups is 1. The van der Waals surface area contributed by atoms with Crippen LogP contribution in [0.25, 0.3) is 0 Å². The van der Waals surface area contributed by atoms with E-state index in [4.69, 9.17) is 9.84 Å². The average molecular weight is 312 g/mol. The zero-order chi connectivity index (χ0) is 13.1. The minimum Gasteiger partial charge on any atom is -0.478 e. The fraction of sp³-hybridized carbons (Fsp3) is 0. The number of carboxylic acids is 1. The van der Waals surface area contributed by atoms with E-state index in [0.717, 1.165) is 12.1 Å². The maximum absolute atomic E-state index is 13.4. The lowest BCUT2D eigenvalue weighted by molar-refractivity contribution is 0.0692. The smallest absolute Gasteiger partial charge is 0.338 e. The van der Waals surface area contributed by atoms with Crippen molar-refractivity contribution in [2.75, 3.05) is 0 Å². The van der Waals surface area contributed by atoms with Gasteiger partial charge in [0.2, 0.25) is 0 Å². The van der Waals surface area contributed by atoms with E-state index in [1.54, 1.807) is 6.07 Å². The summed E-state index contributed by atoms with van der Waals surface area (Å²) >= 11 is 3.23. The molecule has 0 spiro atoms. The summed E-state index contributed by atoms with van der Waals surface area (Å²) in [5.74, 6) is -1.48. The third-order valence-electron chi connectivity index (χ3n) is 2.13. The number of aromatic carboxylic acids is 1. The summed E-state index contributed by atoms with van der Waals surface area (Å²) in [6, 6.07) is 5.17. The zero-order valence-corrected chi connectivity index (χ0v) is 10.5. The number of hydrogen-bond donors (Lipinski definition) is 1. The second-order valence-electron chi connectivity index (χ2n) is 3.35. The Morgan fingerprint density at radius 3 is 2.78 bits per heavy atom. The highest BCUT2D eigenvalue weighted by atomic mass is 79.9. The van der Waals surface area contributed by atoms with Crippen LogP contribution in [0.3, 0.4) is 0 Å². The molecule has 1 aromatic heterocycles. The Labute approximate surface area is 110 Å². The Hall–Kier alpha value is -1.95. The van der Waals surface area contributed by atoms with Crippen molar-refractivity contribution in [1.82, 2.24) is 4.98 Å². The second-order valence-corrected chi connectivity index (χ2v) is 4.21. The average Bonchev–Trinajstić information content (AvgIpc) is 2.32. The first-order valence-corrected chi connectivity index (χ1v) is 5.67. The minimum atomic E-state index is -1.32. The molecule has 2 rings (SSSR count). The monoisotopic (exact) mass is 311 g/mol. The predicted molar refractivity (Wildman–Crippen MR) is 65.4 cm³/mol. The van der Waals surface area contributed by atoms with Crippen LogP contribution in [-0.2, 0) is 0 Å². The number of rotatable bonds is 3. The van der Waals surface area contributed by atoms with Crippen LogP contribution in [0.5, 0.6) is 11.5 Å². The van der Waals surface area contributed by atoms with E-state index >= 15 is 0 Å². The molecule has 92 valence electrons. The SMILES string of the molecule is O=C(O)c1ccc(Oc2ccncc2Br)cc1F. The van der Waals surface area contributed by atoms with Gasteiger partial charge >= 0.3 is 5.97 Å². The van der Waals surface area contributed by atoms with Crippen molar-refractivity contribution in [3.63, 3.8) is 0 Å². The molecule has 0 saturated heterocycles. The Morgan fingerprint density at radius 1 is 1.39 bits per heavy atom. The van der Waals surface area contributed by atoms with Gasteiger partial charge in [-0.25, -0.2) is 9.18 Å². The first kappa shape index (κ1) is 12.5. The molecule has 1 aromatic carbocycles. The van der Waals surface area contributed by atoms with Crippen molar-refractivity contribution in [2.45, 2.75) is 0 Å².